The van der Waals surface area contributed by atoms with E-state index >= 15 is 0 Å². The molecule has 3 rings (SSSR count). The Morgan fingerprint density at radius 2 is 1.90 bits per heavy atom. The molecule has 1 aromatic carbocycles. The van der Waals surface area contributed by atoms with Gasteiger partial charge in [0.15, 0.2) is 0 Å². The Balaban J connectivity index is 1.87. The molecule has 0 atom stereocenters. The van der Waals surface area contributed by atoms with Crippen LogP contribution in [0.5, 0.6) is 0 Å². The summed E-state index contributed by atoms with van der Waals surface area (Å²) in [5.74, 6) is 0.709. The SMILES string of the molecule is CC(C)(C)NCc1sc(-c2ccccc2)nc1C1CC1. The Bertz CT molecular complexity index is 577. The summed E-state index contributed by atoms with van der Waals surface area (Å²) >= 11 is 1.85. The molecular formula is C17H22N2S. The molecule has 0 bridgehead atoms. The molecule has 0 aliphatic heterocycles. The van der Waals surface area contributed by atoms with Gasteiger partial charge in [-0.1, -0.05) is 30.3 Å². The molecule has 1 aliphatic rings. The lowest BCUT2D eigenvalue weighted by atomic mass is 10.1. The third-order valence-corrected chi connectivity index (χ3v) is 4.61. The first-order chi connectivity index (χ1) is 9.53. The molecule has 1 aromatic heterocycles. The maximum absolute atomic E-state index is 4.92. The van der Waals surface area contributed by atoms with Crippen molar-refractivity contribution in [1.82, 2.24) is 10.3 Å². The van der Waals surface area contributed by atoms with Crippen LogP contribution in [0.2, 0.25) is 0 Å². The van der Waals surface area contributed by atoms with E-state index in [0.29, 0.717) is 5.92 Å². The zero-order chi connectivity index (χ0) is 14.2. The minimum Gasteiger partial charge on any atom is -0.307 e. The van der Waals surface area contributed by atoms with Crippen molar-refractivity contribution in [3.63, 3.8) is 0 Å². The minimum absolute atomic E-state index is 0.151. The van der Waals surface area contributed by atoms with Crippen molar-refractivity contribution in [2.45, 2.75) is 51.6 Å². The van der Waals surface area contributed by atoms with Gasteiger partial charge in [0.05, 0.1) is 5.69 Å². The molecule has 0 saturated heterocycles. The number of hydrogen-bond donors (Lipinski definition) is 1. The van der Waals surface area contributed by atoms with Crippen molar-refractivity contribution in [3.05, 3.63) is 40.9 Å². The summed E-state index contributed by atoms with van der Waals surface area (Å²) in [5, 5.41) is 4.76. The van der Waals surface area contributed by atoms with E-state index in [0.717, 1.165) is 6.54 Å². The Kier molecular flexibility index (Phi) is 3.65. The lowest BCUT2D eigenvalue weighted by Crippen LogP contribution is -2.35. The van der Waals surface area contributed by atoms with Crippen LogP contribution in [0.4, 0.5) is 0 Å². The fourth-order valence-electron chi connectivity index (χ4n) is 2.22. The molecule has 1 N–H and O–H groups in total. The fourth-order valence-corrected chi connectivity index (χ4v) is 3.31. The Morgan fingerprint density at radius 1 is 1.20 bits per heavy atom. The van der Waals surface area contributed by atoms with Crippen molar-refractivity contribution in [1.29, 1.82) is 0 Å². The number of aromatic nitrogens is 1. The van der Waals surface area contributed by atoms with Crippen molar-refractivity contribution in [2.24, 2.45) is 0 Å². The number of thiazole rings is 1. The molecule has 1 aliphatic carbocycles. The fraction of sp³-hybridized carbons (Fsp3) is 0.471. The zero-order valence-corrected chi connectivity index (χ0v) is 13.3. The van der Waals surface area contributed by atoms with Gasteiger partial charge in [-0.3, -0.25) is 0 Å². The summed E-state index contributed by atoms with van der Waals surface area (Å²) in [6.45, 7) is 7.56. The number of hydrogen-bond acceptors (Lipinski definition) is 3. The molecule has 0 spiro atoms. The van der Waals surface area contributed by atoms with Crippen molar-refractivity contribution >= 4 is 11.3 Å². The predicted octanol–water partition coefficient (Wildman–Crippen LogP) is 4.58. The molecule has 1 heterocycles. The number of benzene rings is 1. The normalized spacial score (nSPS) is 15.6. The molecule has 0 radical (unpaired) electrons. The van der Waals surface area contributed by atoms with Crippen molar-refractivity contribution in [2.75, 3.05) is 0 Å². The van der Waals surface area contributed by atoms with Gasteiger partial charge < -0.3 is 5.32 Å². The van der Waals surface area contributed by atoms with Crippen LogP contribution in [0.25, 0.3) is 10.6 Å². The summed E-state index contributed by atoms with van der Waals surface area (Å²) in [6.07, 6.45) is 2.61. The van der Waals surface area contributed by atoms with Gasteiger partial charge in [0.1, 0.15) is 5.01 Å². The van der Waals surface area contributed by atoms with Gasteiger partial charge in [0.2, 0.25) is 0 Å². The molecule has 1 fully saturated rings. The third-order valence-electron chi connectivity index (χ3n) is 3.49. The van der Waals surface area contributed by atoms with Gasteiger partial charge in [-0.25, -0.2) is 4.98 Å². The molecule has 3 heteroatoms. The number of rotatable bonds is 4. The van der Waals surface area contributed by atoms with Gasteiger partial charge in [-0.15, -0.1) is 11.3 Å². The lowest BCUT2D eigenvalue weighted by Gasteiger charge is -2.20. The van der Waals surface area contributed by atoms with Crippen molar-refractivity contribution < 1.29 is 0 Å². The summed E-state index contributed by atoms with van der Waals surface area (Å²) in [5.41, 5.74) is 2.73. The standard InChI is InChI=1S/C17H22N2S/c1-17(2,3)18-11-14-15(12-9-10-12)19-16(20-14)13-7-5-4-6-8-13/h4-8,12,18H,9-11H2,1-3H3. The highest BCUT2D eigenvalue weighted by molar-refractivity contribution is 7.15. The minimum atomic E-state index is 0.151. The van der Waals surface area contributed by atoms with Crippen LogP contribution in [0.15, 0.2) is 30.3 Å². The molecule has 20 heavy (non-hydrogen) atoms. The van der Waals surface area contributed by atoms with E-state index in [1.807, 2.05) is 11.3 Å². The molecule has 2 nitrogen and oxygen atoms in total. The number of nitrogens with one attached hydrogen (secondary N) is 1. The predicted molar refractivity (Wildman–Crippen MR) is 86.1 cm³/mol. The Labute approximate surface area is 125 Å². The van der Waals surface area contributed by atoms with Crippen LogP contribution in [-0.4, -0.2) is 10.5 Å². The van der Waals surface area contributed by atoms with E-state index < -0.39 is 0 Å². The average molecular weight is 286 g/mol. The molecule has 0 unspecified atom stereocenters. The second-order valence-corrected chi connectivity index (χ2v) is 7.65. The largest absolute Gasteiger partial charge is 0.307 e. The number of nitrogens with zero attached hydrogens (tertiary/aromatic N) is 1. The van der Waals surface area contributed by atoms with Crippen molar-refractivity contribution in [3.8, 4) is 10.6 Å². The maximum Gasteiger partial charge on any atom is 0.123 e. The lowest BCUT2D eigenvalue weighted by molar-refractivity contribution is 0.425. The molecule has 106 valence electrons. The van der Waals surface area contributed by atoms with E-state index in [9.17, 15) is 0 Å². The highest BCUT2D eigenvalue weighted by Crippen LogP contribution is 2.44. The van der Waals surface area contributed by atoms with E-state index in [-0.39, 0.29) is 5.54 Å². The van der Waals surface area contributed by atoms with E-state index in [1.165, 1.54) is 34.0 Å². The maximum atomic E-state index is 4.92. The zero-order valence-electron chi connectivity index (χ0n) is 12.4. The van der Waals surface area contributed by atoms with E-state index in [4.69, 9.17) is 4.98 Å². The van der Waals surface area contributed by atoms with Crippen LogP contribution in [0.1, 0.15) is 50.1 Å². The van der Waals surface area contributed by atoms with Crippen LogP contribution in [-0.2, 0) is 6.54 Å². The summed E-state index contributed by atoms with van der Waals surface area (Å²) in [7, 11) is 0. The monoisotopic (exact) mass is 286 g/mol. The molecule has 1 saturated carbocycles. The Hall–Kier alpha value is -1.19. The van der Waals surface area contributed by atoms with E-state index in [2.05, 4.69) is 56.4 Å². The first-order valence-corrected chi connectivity index (χ1v) is 8.14. The highest BCUT2D eigenvalue weighted by atomic mass is 32.1. The summed E-state index contributed by atoms with van der Waals surface area (Å²) < 4.78 is 0. The van der Waals surface area contributed by atoms with Crippen LogP contribution in [0, 0.1) is 0 Å². The van der Waals surface area contributed by atoms with Gasteiger partial charge in [0.25, 0.3) is 0 Å². The first-order valence-electron chi connectivity index (χ1n) is 7.33. The third kappa shape index (κ3) is 3.28. The topological polar surface area (TPSA) is 24.9 Å². The Morgan fingerprint density at radius 3 is 2.50 bits per heavy atom. The highest BCUT2D eigenvalue weighted by Gasteiger charge is 2.30. The van der Waals surface area contributed by atoms with Gasteiger partial charge in [-0.2, -0.15) is 0 Å². The van der Waals surface area contributed by atoms with E-state index in [1.54, 1.807) is 0 Å². The smallest absolute Gasteiger partial charge is 0.123 e. The molecule has 2 aromatic rings. The molecular weight excluding hydrogens is 264 g/mol. The summed E-state index contributed by atoms with van der Waals surface area (Å²) in [4.78, 5) is 6.34. The first kappa shape index (κ1) is 13.8. The molecule has 0 amide bonds. The van der Waals surface area contributed by atoms with Gasteiger partial charge >= 0.3 is 0 Å². The summed E-state index contributed by atoms with van der Waals surface area (Å²) in [6, 6.07) is 10.5. The van der Waals surface area contributed by atoms with Crippen LogP contribution >= 0.6 is 11.3 Å². The van der Waals surface area contributed by atoms with Gasteiger partial charge in [-0.05, 0) is 33.6 Å². The second kappa shape index (κ2) is 5.30. The quantitative estimate of drug-likeness (QED) is 0.890. The van der Waals surface area contributed by atoms with Crippen LogP contribution < -0.4 is 5.32 Å². The van der Waals surface area contributed by atoms with Gasteiger partial charge in [0, 0.05) is 28.4 Å². The average Bonchev–Trinajstić information content (AvgIpc) is 3.17. The second-order valence-electron chi connectivity index (χ2n) is 6.57. The van der Waals surface area contributed by atoms with Crippen LogP contribution in [0.3, 0.4) is 0 Å².